The lowest BCUT2D eigenvalue weighted by atomic mass is 9.75. The number of benzene rings is 1. The predicted octanol–water partition coefficient (Wildman–Crippen LogP) is 3.13. The SMILES string of the molecule is CCC1CCC2(CC1)NC(=O)N(CC(=O)Nc1ccc(NC(C)=O)cc1Cl)C2=O. The van der Waals surface area contributed by atoms with Crippen LogP contribution in [0.4, 0.5) is 16.2 Å². The lowest BCUT2D eigenvalue weighted by molar-refractivity contribution is -0.135. The van der Waals surface area contributed by atoms with Crippen molar-refractivity contribution in [2.24, 2.45) is 5.92 Å². The highest BCUT2D eigenvalue weighted by Gasteiger charge is 2.52. The Balaban J connectivity index is 1.63. The van der Waals surface area contributed by atoms with Crippen LogP contribution in [0.3, 0.4) is 0 Å². The number of hydrogen-bond acceptors (Lipinski definition) is 4. The van der Waals surface area contributed by atoms with Crippen molar-refractivity contribution in [3.63, 3.8) is 0 Å². The Morgan fingerprint density at radius 2 is 1.93 bits per heavy atom. The van der Waals surface area contributed by atoms with Gasteiger partial charge in [-0.3, -0.25) is 19.3 Å². The second kappa shape index (κ2) is 8.41. The van der Waals surface area contributed by atoms with Gasteiger partial charge < -0.3 is 16.0 Å². The van der Waals surface area contributed by atoms with Crippen molar-refractivity contribution in [2.45, 2.75) is 51.5 Å². The summed E-state index contributed by atoms with van der Waals surface area (Å²) in [6.45, 7) is 3.12. The zero-order chi connectivity index (χ0) is 21.2. The summed E-state index contributed by atoms with van der Waals surface area (Å²) < 4.78 is 0. The summed E-state index contributed by atoms with van der Waals surface area (Å²) in [7, 11) is 0. The number of amides is 5. The average molecular weight is 421 g/mol. The van der Waals surface area contributed by atoms with Crippen molar-refractivity contribution in [3.8, 4) is 0 Å². The summed E-state index contributed by atoms with van der Waals surface area (Å²) in [5.74, 6) is -0.523. The zero-order valence-corrected chi connectivity index (χ0v) is 17.3. The van der Waals surface area contributed by atoms with Gasteiger partial charge in [0.1, 0.15) is 12.1 Å². The highest BCUT2D eigenvalue weighted by molar-refractivity contribution is 6.34. The van der Waals surface area contributed by atoms with Crippen LogP contribution in [0.2, 0.25) is 5.02 Å². The minimum Gasteiger partial charge on any atom is -0.326 e. The fourth-order valence-electron chi connectivity index (χ4n) is 3.97. The monoisotopic (exact) mass is 420 g/mol. The van der Waals surface area contributed by atoms with E-state index >= 15 is 0 Å². The van der Waals surface area contributed by atoms with E-state index in [0.717, 1.165) is 24.2 Å². The highest BCUT2D eigenvalue weighted by Crippen LogP contribution is 2.37. The molecule has 0 unspecified atom stereocenters. The number of anilines is 2. The lowest BCUT2D eigenvalue weighted by Gasteiger charge is -2.34. The van der Waals surface area contributed by atoms with Crippen LogP contribution >= 0.6 is 11.6 Å². The maximum absolute atomic E-state index is 12.9. The van der Waals surface area contributed by atoms with Crippen molar-refractivity contribution in [1.29, 1.82) is 0 Å². The van der Waals surface area contributed by atoms with Crippen LogP contribution in [0.1, 0.15) is 46.0 Å². The van der Waals surface area contributed by atoms with E-state index in [2.05, 4.69) is 22.9 Å². The Kier molecular flexibility index (Phi) is 6.12. The molecule has 0 atom stereocenters. The molecule has 156 valence electrons. The van der Waals surface area contributed by atoms with Crippen LogP contribution in [0, 0.1) is 5.92 Å². The highest BCUT2D eigenvalue weighted by atomic mass is 35.5. The third-order valence-corrected chi connectivity index (χ3v) is 5.96. The topological polar surface area (TPSA) is 108 Å². The molecule has 2 aliphatic rings. The third-order valence-electron chi connectivity index (χ3n) is 5.65. The number of carbonyl (C=O) groups is 4. The summed E-state index contributed by atoms with van der Waals surface area (Å²) >= 11 is 6.15. The number of rotatable bonds is 5. The van der Waals surface area contributed by atoms with E-state index in [-0.39, 0.29) is 23.4 Å². The van der Waals surface area contributed by atoms with Crippen LogP contribution in [-0.4, -0.2) is 40.7 Å². The molecule has 1 aromatic rings. The average Bonchev–Trinajstić information content (AvgIpc) is 2.88. The number of hydrogen-bond donors (Lipinski definition) is 3. The standard InChI is InChI=1S/C20H25ClN4O4/c1-3-13-6-8-20(9-7-13)18(28)25(19(29)24-20)11-17(27)23-16-5-4-14(10-15(16)21)22-12(2)26/h4-5,10,13H,3,6-9,11H2,1-2H3,(H,22,26)(H,23,27)(H,24,29). The first kappa shape index (κ1) is 21.1. The maximum Gasteiger partial charge on any atom is 0.325 e. The molecule has 2 fully saturated rings. The van der Waals surface area contributed by atoms with Gasteiger partial charge in [-0.05, 0) is 49.8 Å². The Labute approximate surface area is 174 Å². The minimum absolute atomic E-state index is 0.233. The smallest absolute Gasteiger partial charge is 0.325 e. The number of carbonyl (C=O) groups excluding carboxylic acids is 4. The van der Waals surface area contributed by atoms with Gasteiger partial charge in [-0.1, -0.05) is 24.9 Å². The normalized spacial score (nSPS) is 23.8. The van der Waals surface area contributed by atoms with Crippen LogP contribution in [0.5, 0.6) is 0 Å². The Bertz CT molecular complexity index is 849. The van der Waals surface area contributed by atoms with E-state index < -0.39 is 17.5 Å². The molecule has 1 saturated carbocycles. The van der Waals surface area contributed by atoms with Gasteiger partial charge in [0.15, 0.2) is 0 Å². The van der Waals surface area contributed by atoms with Crippen molar-refractivity contribution in [1.82, 2.24) is 10.2 Å². The molecule has 3 N–H and O–H groups in total. The molecule has 1 aliphatic carbocycles. The van der Waals surface area contributed by atoms with E-state index in [1.807, 2.05) is 0 Å². The molecule has 0 radical (unpaired) electrons. The van der Waals surface area contributed by atoms with Crippen LogP contribution in [0.15, 0.2) is 18.2 Å². The molecule has 29 heavy (non-hydrogen) atoms. The van der Waals surface area contributed by atoms with Gasteiger partial charge in [0.05, 0.1) is 10.7 Å². The van der Waals surface area contributed by atoms with Gasteiger partial charge in [-0.15, -0.1) is 0 Å². The van der Waals surface area contributed by atoms with Crippen LogP contribution < -0.4 is 16.0 Å². The molecule has 1 saturated heterocycles. The van der Waals surface area contributed by atoms with Crippen molar-refractivity contribution in [2.75, 3.05) is 17.2 Å². The van der Waals surface area contributed by atoms with E-state index in [1.165, 1.54) is 13.0 Å². The van der Waals surface area contributed by atoms with Gasteiger partial charge in [0.25, 0.3) is 5.91 Å². The van der Waals surface area contributed by atoms with Gasteiger partial charge in [-0.2, -0.15) is 0 Å². The molecule has 0 bridgehead atoms. The van der Waals surface area contributed by atoms with E-state index in [9.17, 15) is 19.2 Å². The number of urea groups is 1. The van der Waals surface area contributed by atoms with Gasteiger partial charge in [-0.25, -0.2) is 4.79 Å². The predicted molar refractivity (Wildman–Crippen MR) is 110 cm³/mol. The lowest BCUT2D eigenvalue weighted by Crippen LogP contribution is -2.49. The first-order valence-corrected chi connectivity index (χ1v) is 10.1. The van der Waals surface area contributed by atoms with Gasteiger partial charge >= 0.3 is 6.03 Å². The first-order chi connectivity index (χ1) is 13.7. The Hall–Kier alpha value is -2.61. The molecule has 1 aliphatic heterocycles. The molecular formula is C20H25ClN4O4. The fourth-order valence-corrected chi connectivity index (χ4v) is 4.20. The summed E-state index contributed by atoms with van der Waals surface area (Å²) in [6.07, 6.45) is 4.04. The minimum atomic E-state index is -0.874. The van der Waals surface area contributed by atoms with E-state index in [1.54, 1.807) is 12.1 Å². The van der Waals surface area contributed by atoms with Crippen LogP contribution in [-0.2, 0) is 14.4 Å². The molecule has 0 aromatic heterocycles. The number of nitrogens with zero attached hydrogens (tertiary/aromatic N) is 1. The molecule has 1 aromatic carbocycles. The molecule has 8 nitrogen and oxygen atoms in total. The van der Waals surface area contributed by atoms with Crippen molar-refractivity contribution < 1.29 is 19.2 Å². The summed E-state index contributed by atoms with van der Waals surface area (Å²) in [6, 6.07) is 4.11. The largest absolute Gasteiger partial charge is 0.326 e. The van der Waals surface area contributed by atoms with E-state index in [0.29, 0.717) is 30.1 Å². The number of halogens is 1. The van der Waals surface area contributed by atoms with Gasteiger partial charge in [0, 0.05) is 12.6 Å². The third kappa shape index (κ3) is 4.53. The summed E-state index contributed by atoms with van der Waals surface area (Å²) in [5.41, 5.74) is -0.0454. The summed E-state index contributed by atoms with van der Waals surface area (Å²) in [4.78, 5) is 49.8. The molecule has 1 spiro atoms. The Morgan fingerprint density at radius 3 is 2.52 bits per heavy atom. The number of nitrogens with one attached hydrogen (secondary N) is 3. The quantitative estimate of drug-likeness (QED) is 0.636. The molecule has 1 heterocycles. The van der Waals surface area contributed by atoms with Crippen LogP contribution in [0.25, 0.3) is 0 Å². The second-order valence-corrected chi connectivity index (χ2v) is 8.09. The van der Waals surface area contributed by atoms with Gasteiger partial charge in [0.2, 0.25) is 11.8 Å². The number of imide groups is 1. The van der Waals surface area contributed by atoms with E-state index in [4.69, 9.17) is 11.6 Å². The fraction of sp³-hybridized carbons (Fsp3) is 0.500. The van der Waals surface area contributed by atoms with Crippen molar-refractivity contribution in [3.05, 3.63) is 23.2 Å². The molecule has 5 amide bonds. The summed E-state index contributed by atoms with van der Waals surface area (Å²) in [5, 5.41) is 8.25. The Morgan fingerprint density at radius 1 is 1.24 bits per heavy atom. The molecular weight excluding hydrogens is 396 g/mol. The van der Waals surface area contributed by atoms with Crippen molar-refractivity contribution >= 4 is 46.7 Å². The molecule has 9 heteroatoms. The zero-order valence-electron chi connectivity index (χ0n) is 16.5. The first-order valence-electron chi connectivity index (χ1n) is 9.75. The maximum atomic E-state index is 12.9. The molecule has 3 rings (SSSR count). The second-order valence-electron chi connectivity index (χ2n) is 7.68.